The first-order valence-corrected chi connectivity index (χ1v) is 11.5. The number of benzene rings is 2. The van der Waals surface area contributed by atoms with Gasteiger partial charge in [0.2, 0.25) is 5.12 Å². The van der Waals surface area contributed by atoms with Gasteiger partial charge in [0.15, 0.2) is 11.5 Å². The van der Waals surface area contributed by atoms with Crippen LogP contribution in [0.25, 0.3) is 6.08 Å². The molecular formula is C21H20BrNO3S2. The van der Waals surface area contributed by atoms with E-state index in [2.05, 4.69) is 20.9 Å². The van der Waals surface area contributed by atoms with Crippen molar-refractivity contribution in [3.63, 3.8) is 0 Å². The second kappa shape index (κ2) is 10.2. The number of ether oxygens (including phenoxy) is 2. The van der Waals surface area contributed by atoms with E-state index < -0.39 is 0 Å². The number of aliphatic imine (C=N–C) groups is 1. The summed E-state index contributed by atoms with van der Waals surface area (Å²) < 4.78 is 13.4. The van der Waals surface area contributed by atoms with Crippen LogP contribution in [0.3, 0.4) is 0 Å². The van der Waals surface area contributed by atoms with Crippen LogP contribution in [0.2, 0.25) is 0 Å². The SMILES string of the molecule is CCOc1cc(/C=C2\N=C(SCC)SC2=O)cc(Br)c1OCc1ccccc1. The molecule has 1 aliphatic heterocycles. The fourth-order valence-corrected chi connectivity index (χ4v) is 4.85. The molecule has 0 aromatic heterocycles. The lowest BCUT2D eigenvalue weighted by Gasteiger charge is -2.15. The molecule has 0 spiro atoms. The van der Waals surface area contributed by atoms with E-state index >= 15 is 0 Å². The molecule has 1 aliphatic rings. The Kier molecular flexibility index (Phi) is 7.65. The number of carbonyl (C=O) groups excluding carboxylic acids is 1. The smallest absolute Gasteiger partial charge is 0.244 e. The van der Waals surface area contributed by atoms with Gasteiger partial charge in [-0.2, -0.15) is 0 Å². The minimum absolute atomic E-state index is 0.0329. The first-order valence-electron chi connectivity index (χ1n) is 8.89. The van der Waals surface area contributed by atoms with Crippen LogP contribution in [-0.4, -0.2) is 21.9 Å². The summed E-state index contributed by atoms with van der Waals surface area (Å²) in [5, 5.41) is -0.0329. The molecule has 0 unspecified atom stereocenters. The molecule has 0 radical (unpaired) electrons. The van der Waals surface area contributed by atoms with Gasteiger partial charge in [0, 0.05) is 0 Å². The summed E-state index contributed by atoms with van der Waals surface area (Å²) in [4.78, 5) is 16.6. The maximum Gasteiger partial charge on any atom is 0.244 e. The Hall–Kier alpha value is -1.70. The molecule has 7 heteroatoms. The zero-order valence-corrected chi connectivity index (χ0v) is 18.8. The third kappa shape index (κ3) is 5.43. The summed E-state index contributed by atoms with van der Waals surface area (Å²) in [7, 11) is 0. The van der Waals surface area contributed by atoms with Crippen molar-refractivity contribution in [2.75, 3.05) is 12.4 Å². The number of hydrogen-bond donors (Lipinski definition) is 0. The molecule has 0 bridgehead atoms. The van der Waals surface area contributed by atoms with Crippen molar-refractivity contribution in [2.45, 2.75) is 20.5 Å². The second-order valence-electron chi connectivity index (χ2n) is 5.77. The van der Waals surface area contributed by atoms with Crippen LogP contribution in [0.4, 0.5) is 0 Å². The van der Waals surface area contributed by atoms with Gasteiger partial charge in [-0.05, 0) is 69.7 Å². The van der Waals surface area contributed by atoms with Crippen LogP contribution in [0, 0.1) is 0 Å². The molecule has 0 aliphatic carbocycles. The molecule has 1 heterocycles. The van der Waals surface area contributed by atoms with Gasteiger partial charge < -0.3 is 9.47 Å². The summed E-state index contributed by atoms with van der Waals surface area (Å²) in [5.41, 5.74) is 2.36. The standard InChI is InChI=1S/C21H20BrNO3S2/c1-3-25-18-12-15(11-17-20(24)28-21(23-17)27-4-2)10-16(22)19(18)26-13-14-8-6-5-7-9-14/h5-12H,3-4,13H2,1-2H3/b17-11-. The Labute approximate surface area is 181 Å². The molecule has 28 heavy (non-hydrogen) atoms. The summed E-state index contributed by atoms with van der Waals surface area (Å²) in [6, 6.07) is 13.8. The highest BCUT2D eigenvalue weighted by atomic mass is 79.9. The number of hydrogen-bond acceptors (Lipinski definition) is 6. The topological polar surface area (TPSA) is 47.9 Å². The lowest BCUT2D eigenvalue weighted by atomic mass is 10.1. The van der Waals surface area contributed by atoms with E-state index in [1.54, 1.807) is 17.8 Å². The van der Waals surface area contributed by atoms with Crippen molar-refractivity contribution in [3.05, 3.63) is 63.8 Å². The summed E-state index contributed by atoms with van der Waals surface area (Å²) in [6.07, 6.45) is 1.78. The monoisotopic (exact) mass is 477 g/mol. The fraction of sp³-hybridized carbons (Fsp3) is 0.238. The molecule has 3 rings (SSSR count). The van der Waals surface area contributed by atoms with E-state index in [1.165, 1.54) is 11.8 Å². The Balaban J connectivity index is 1.86. The average molecular weight is 478 g/mol. The fourth-order valence-electron chi connectivity index (χ4n) is 2.54. The van der Waals surface area contributed by atoms with Gasteiger partial charge in [0.25, 0.3) is 0 Å². The van der Waals surface area contributed by atoms with Crippen LogP contribution in [0.15, 0.2) is 57.6 Å². The van der Waals surface area contributed by atoms with E-state index in [-0.39, 0.29) is 5.12 Å². The highest BCUT2D eigenvalue weighted by molar-refractivity contribution is 9.10. The highest BCUT2D eigenvalue weighted by Gasteiger charge is 2.22. The van der Waals surface area contributed by atoms with Gasteiger partial charge in [0.1, 0.15) is 16.7 Å². The lowest BCUT2D eigenvalue weighted by molar-refractivity contribution is -0.107. The molecular weight excluding hydrogens is 458 g/mol. The predicted molar refractivity (Wildman–Crippen MR) is 122 cm³/mol. The quantitative estimate of drug-likeness (QED) is 0.447. The molecule has 0 N–H and O–H groups in total. The normalized spacial score (nSPS) is 15.0. The van der Waals surface area contributed by atoms with Gasteiger partial charge >= 0.3 is 0 Å². The molecule has 0 atom stereocenters. The summed E-state index contributed by atoms with van der Waals surface area (Å²) in [5.74, 6) is 2.16. The number of halogens is 1. The number of nitrogens with zero attached hydrogens (tertiary/aromatic N) is 1. The molecule has 0 saturated heterocycles. The number of thioether (sulfide) groups is 2. The van der Waals surface area contributed by atoms with Crippen LogP contribution in [-0.2, 0) is 11.4 Å². The van der Waals surface area contributed by atoms with Gasteiger partial charge in [-0.3, -0.25) is 4.79 Å². The van der Waals surface area contributed by atoms with Gasteiger partial charge in [-0.15, -0.1) is 0 Å². The summed E-state index contributed by atoms with van der Waals surface area (Å²) >= 11 is 6.34. The van der Waals surface area contributed by atoms with Crippen molar-refractivity contribution < 1.29 is 14.3 Å². The van der Waals surface area contributed by atoms with Gasteiger partial charge in [0.05, 0.1) is 11.1 Å². The molecule has 2 aromatic carbocycles. The maximum atomic E-state index is 12.2. The first-order chi connectivity index (χ1) is 13.6. The van der Waals surface area contributed by atoms with E-state index in [0.717, 1.165) is 25.7 Å². The van der Waals surface area contributed by atoms with Gasteiger partial charge in [-0.25, -0.2) is 4.99 Å². The predicted octanol–water partition coefficient (Wildman–Crippen LogP) is 6.15. The summed E-state index contributed by atoms with van der Waals surface area (Å²) in [6.45, 7) is 4.92. The van der Waals surface area contributed by atoms with Crippen molar-refractivity contribution in [3.8, 4) is 11.5 Å². The van der Waals surface area contributed by atoms with Gasteiger partial charge in [-0.1, -0.05) is 49.0 Å². The van der Waals surface area contributed by atoms with Crippen LogP contribution < -0.4 is 9.47 Å². The van der Waals surface area contributed by atoms with E-state index in [4.69, 9.17) is 9.47 Å². The minimum atomic E-state index is -0.0329. The number of rotatable bonds is 7. The second-order valence-corrected chi connectivity index (χ2v) is 9.09. The van der Waals surface area contributed by atoms with E-state index in [9.17, 15) is 4.79 Å². The molecule has 0 amide bonds. The highest BCUT2D eigenvalue weighted by Crippen LogP contribution is 2.39. The van der Waals surface area contributed by atoms with E-state index in [1.807, 2.05) is 56.3 Å². The molecule has 0 fully saturated rings. The molecule has 146 valence electrons. The van der Waals surface area contributed by atoms with Crippen LogP contribution in [0.1, 0.15) is 25.0 Å². The molecule has 2 aromatic rings. The van der Waals surface area contributed by atoms with Crippen LogP contribution in [0.5, 0.6) is 11.5 Å². The Morgan fingerprint density at radius 2 is 1.96 bits per heavy atom. The van der Waals surface area contributed by atoms with Crippen LogP contribution >= 0.6 is 39.5 Å². The average Bonchev–Trinajstić information content (AvgIpc) is 3.01. The Bertz CT molecular complexity index is 913. The van der Waals surface area contributed by atoms with E-state index in [0.29, 0.717) is 30.4 Å². The maximum absolute atomic E-state index is 12.2. The van der Waals surface area contributed by atoms with Crippen molar-refractivity contribution in [1.29, 1.82) is 0 Å². The number of carbonyl (C=O) groups is 1. The van der Waals surface area contributed by atoms with Crippen molar-refractivity contribution in [2.24, 2.45) is 4.99 Å². The molecule has 0 saturated carbocycles. The third-order valence-electron chi connectivity index (χ3n) is 3.73. The third-order valence-corrected chi connectivity index (χ3v) is 6.21. The first kappa shape index (κ1) is 21.0. The zero-order chi connectivity index (χ0) is 19.9. The zero-order valence-electron chi connectivity index (χ0n) is 15.6. The molecule has 4 nitrogen and oxygen atoms in total. The van der Waals surface area contributed by atoms with Crippen molar-refractivity contribution >= 4 is 55.0 Å². The lowest BCUT2D eigenvalue weighted by Crippen LogP contribution is -2.01. The Morgan fingerprint density at radius 1 is 1.18 bits per heavy atom. The van der Waals surface area contributed by atoms with Crippen molar-refractivity contribution in [1.82, 2.24) is 0 Å². The minimum Gasteiger partial charge on any atom is -0.490 e. The Morgan fingerprint density at radius 3 is 2.68 bits per heavy atom. The largest absolute Gasteiger partial charge is 0.490 e.